The second-order valence-electron chi connectivity index (χ2n) is 4.97. The van der Waals surface area contributed by atoms with Crippen LogP contribution >= 0.6 is 11.6 Å². The number of hydrogen-bond donors (Lipinski definition) is 1. The molecule has 6 nitrogen and oxygen atoms in total. The summed E-state index contributed by atoms with van der Waals surface area (Å²) >= 11 is 6.11. The van der Waals surface area contributed by atoms with Crippen LogP contribution in [0.3, 0.4) is 0 Å². The van der Waals surface area contributed by atoms with Crippen LogP contribution in [0.2, 0.25) is 5.02 Å². The van der Waals surface area contributed by atoms with E-state index in [0.29, 0.717) is 33.3 Å². The van der Waals surface area contributed by atoms with E-state index in [-0.39, 0.29) is 16.4 Å². The number of nitro groups is 1. The van der Waals surface area contributed by atoms with Crippen molar-refractivity contribution >= 4 is 47.3 Å². The molecule has 0 amide bonds. The molecule has 1 aromatic carbocycles. The number of rotatable bonds is 4. The van der Waals surface area contributed by atoms with Gasteiger partial charge in [-0.2, -0.15) is 0 Å². The zero-order valence-electron chi connectivity index (χ0n) is 12.8. The van der Waals surface area contributed by atoms with Crippen molar-refractivity contribution < 1.29 is 9.66 Å². The molecule has 2 radical (unpaired) electrons. The van der Waals surface area contributed by atoms with Gasteiger partial charge < -0.3 is 10.1 Å². The number of ether oxygens (including phenoxy) is 1. The van der Waals surface area contributed by atoms with Crippen molar-refractivity contribution in [2.75, 3.05) is 7.11 Å². The van der Waals surface area contributed by atoms with Crippen LogP contribution < -0.4 is 4.74 Å². The van der Waals surface area contributed by atoms with Crippen molar-refractivity contribution in [1.29, 1.82) is 5.41 Å². The van der Waals surface area contributed by atoms with Gasteiger partial charge in [0.25, 0.3) is 0 Å². The van der Waals surface area contributed by atoms with E-state index in [1.54, 1.807) is 26.0 Å². The number of halogens is 1. The smallest absolute Gasteiger partial charge is 0.306 e. The lowest BCUT2D eigenvalue weighted by molar-refractivity contribution is -0.384. The van der Waals surface area contributed by atoms with Crippen molar-refractivity contribution in [3.63, 3.8) is 0 Å². The Labute approximate surface area is 139 Å². The van der Waals surface area contributed by atoms with Gasteiger partial charge in [-0.25, -0.2) is 4.98 Å². The standard InChI is InChI=1S/C15H13BClN3O3/c1-7(16)14(8(2)18)10-4-11-9(5-13(10)23-3)15(17)12(6-19-11)20(21)22/h4-6,18H,1-3H3/b14-7+,18-8?. The van der Waals surface area contributed by atoms with Crippen molar-refractivity contribution in [3.8, 4) is 5.75 Å². The van der Waals surface area contributed by atoms with Crippen LogP contribution in [-0.4, -0.2) is 30.6 Å². The summed E-state index contributed by atoms with van der Waals surface area (Å²) in [7, 11) is 7.34. The van der Waals surface area contributed by atoms with Crippen LogP contribution in [0.15, 0.2) is 23.8 Å². The van der Waals surface area contributed by atoms with Gasteiger partial charge in [-0.05, 0) is 24.6 Å². The lowest BCUT2D eigenvalue weighted by atomic mass is 9.85. The largest absolute Gasteiger partial charge is 0.496 e. The van der Waals surface area contributed by atoms with Gasteiger partial charge in [-0.15, -0.1) is 5.47 Å². The third-order valence-corrected chi connectivity index (χ3v) is 3.74. The summed E-state index contributed by atoms with van der Waals surface area (Å²) < 4.78 is 5.35. The molecule has 1 heterocycles. The molecular formula is C15H13BClN3O3. The first-order chi connectivity index (χ1) is 10.8. The van der Waals surface area contributed by atoms with Gasteiger partial charge in [0, 0.05) is 16.7 Å². The Morgan fingerprint density at radius 3 is 2.57 bits per heavy atom. The van der Waals surface area contributed by atoms with Crippen molar-refractivity contribution in [3.05, 3.63) is 44.5 Å². The van der Waals surface area contributed by atoms with Gasteiger partial charge in [-0.3, -0.25) is 10.1 Å². The molecule has 0 atom stereocenters. The van der Waals surface area contributed by atoms with Crippen LogP contribution in [-0.2, 0) is 0 Å². The van der Waals surface area contributed by atoms with Gasteiger partial charge in [0.2, 0.25) is 0 Å². The molecule has 2 aromatic rings. The SMILES string of the molecule is [B]/C(C)=C(\C(C)=N)c1cc2ncc([N+](=O)[O-])c(Cl)c2cc1OC. The van der Waals surface area contributed by atoms with Gasteiger partial charge >= 0.3 is 5.69 Å². The quantitative estimate of drug-likeness (QED) is 0.400. The summed E-state index contributed by atoms with van der Waals surface area (Å²) in [6, 6.07) is 3.23. The minimum atomic E-state index is -0.591. The van der Waals surface area contributed by atoms with E-state index >= 15 is 0 Å². The molecule has 116 valence electrons. The number of pyridine rings is 1. The van der Waals surface area contributed by atoms with Crippen LogP contribution in [0, 0.1) is 15.5 Å². The Morgan fingerprint density at radius 2 is 2.09 bits per heavy atom. The molecule has 0 saturated carbocycles. The number of fused-ring (bicyclic) bond motifs is 1. The highest BCUT2D eigenvalue weighted by molar-refractivity contribution is 6.38. The lowest BCUT2D eigenvalue weighted by Gasteiger charge is -2.15. The molecule has 1 aromatic heterocycles. The molecule has 0 aliphatic rings. The Hall–Kier alpha value is -2.41. The third kappa shape index (κ3) is 3.05. The Morgan fingerprint density at radius 1 is 1.43 bits per heavy atom. The molecule has 0 spiro atoms. The van der Waals surface area contributed by atoms with Gasteiger partial charge in [0.1, 0.15) is 24.8 Å². The van der Waals surface area contributed by atoms with E-state index in [1.807, 2.05) is 0 Å². The number of nitrogens with one attached hydrogen (secondary N) is 1. The van der Waals surface area contributed by atoms with Crippen molar-refractivity contribution in [1.82, 2.24) is 4.98 Å². The number of benzene rings is 1. The van der Waals surface area contributed by atoms with Crippen LogP contribution in [0.4, 0.5) is 5.69 Å². The summed E-state index contributed by atoms with van der Waals surface area (Å²) in [5, 5.41) is 19.3. The maximum Gasteiger partial charge on any atom is 0.306 e. The molecule has 2 rings (SSSR count). The average molecular weight is 330 g/mol. The second kappa shape index (κ2) is 6.38. The van der Waals surface area contributed by atoms with E-state index in [0.717, 1.165) is 6.20 Å². The summed E-state index contributed by atoms with van der Waals surface area (Å²) in [4.78, 5) is 14.5. The maximum atomic E-state index is 11.0. The van der Waals surface area contributed by atoms with E-state index in [2.05, 4.69) is 4.98 Å². The number of aromatic nitrogens is 1. The molecule has 23 heavy (non-hydrogen) atoms. The molecule has 8 heteroatoms. The first kappa shape index (κ1) is 17.0. The van der Waals surface area contributed by atoms with Gasteiger partial charge in [0.05, 0.1) is 17.5 Å². The Kier molecular flexibility index (Phi) is 4.70. The molecular weight excluding hydrogens is 316 g/mol. The Balaban J connectivity index is 2.85. The first-order valence-corrected chi connectivity index (χ1v) is 6.98. The molecule has 1 N–H and O–H groups in total. The number of allylic oxidation sites excluding steroid dienone is 2. The number of nitrogens with zero attached hydrogens (tertiary/aromatic N) is 2. The highest BCUT2D eigenvalue weighted by Crippen LogP contribution is 2.37. The van der Waals surface area contributed by atoms with Crippen LogP contribution in [0.5, 0.6) is 5.75 Å². The monoisotopic (exact) mass is 329 g/mol. The minimum Gasteiger partial charge on any atom is -0.496 e. The first-order valence-electron chi connectivity index (χ1n) is 6.60. The zero-order valence-corrected chi connectivity index (χ0v) is 13.6. The van der Waals surface area contributed by atoms with Crippen molar-refractivity contribution in [2.45, 2.75) is 13.8 Å². The number of methoxy groups -OCH3 is 1. The lowest BCUT2D eigenvalue weighted by Crippen LogP contribution is -2.02. The summed E-state index contributed by atoms with van der Waals surface area (Å²) in [5.41, 5.74) is 2.03. The maximum absolute atomic E-state index is 11.0. The molecule has 0 fully saturated rings. The Bertz CT molecular complexity index is 861. The van der Waals surface area contributed by atoms with Crippen molar-refractivity contribution in [2.24, 2.45) is 0 Å². The molecule has 0 aliphatic heterocycles. The highest BCUT2D eigenvalue weighted by atomic mass is 35.5. The van der Waals surface area contributed by atoms with Crippen LogP contribution in [0.1, 0.15) is 19.4 Å². The summed E-state index contributed by atoms with van der Waals surface area (Å²) in [6.07, 6.45) is 1.11. The molecule has 0 saturated heterocycles. The van der Waals surface area contributed by atoms with E-state index in [9.17, 15) is 10.1 Å². The molecule has 0 bridgehead atoms. The van der Waals surface area contributed by atoms with Gasteiger partial charge in [-0.1, -0.05) is 18.5 Å². The minimum absolute atomic E-state index is 0.00794. The average Bonchev–Trinajstić information content (AvgIpc) is 2.46. The fraction of sp³-hybridized carbons (Fsp3) is 0.200. The fourth-order valence-corrected chi connectivity index (χ4v) is 2.65. The normalized spacial score (nSPS) is 12.0. The van der Waals surface area contributed by atoms with E-state index in [1.165, 1.54) is 7.11 Å². The fourth-order valence-electron chi connectivity index (χ4n) is 2.38. The van der Waals surface area contributed by atoms with Crippen LogP contribution in [0.25, 0.3) is 16.5 Å². The summed E-state index contributed by atoms with van der Waals surface area (Å²) in [6.45, 7) is 3.30. The highest BCUT2D eigenvalue weighted by Gasteiger charge is 2.20. The van der Waals surface area contributed by atoms with E-state index < -0.39 is 4.92 Å². The number of hydrogen-bond acceptors (Lipinski definition) is 5. The molecule has 0 aliphatic carbocycles. The summed E-state index contributed by atoms with van der Waals surface area (Å²) in [5.74, 6) is 0.410. The zero-order chi connectivity index (χ0) is 17.3. The molecule has 0 unspecified atom stereocenters. The predicted octanol–water partition coefficient (Wildman–Crippen LogP) is 3.74. The third-order valence-electron chi connectivity index (χ3n) is 3.34. The topological polar surface area (TPSA) is 89.1 Å². The predicted molar refractivity (Wildman–Crippen MR) is 91.7 cm³/mol. The second-order valence-corrected chi connectivity index (χ2v) is 5.35. The van der Waals surface area contributed by atoms with E-state index in [4.69, 9.17) is 29.6 Å². The van der Waals surface area contributed by atoms with Gasteiger partial charge in [0.15, 0.2) is 0 Å².